The molecule has 0 unspecified atom stereocenters. The average Bonchev–Trinajstić information content (AvgIpc) is 3.03. The average molecular weight is 366 g/mol. The van der Waals surface area contributed by atoms with E-state index in [1.165, 1.54) is 6.07 Å². The van der Waals surface area contributed by atoms with E-state index in [0.717, 1.165) is 0 Å². The van der Waals surface area contributed by atoms with Gasteiger partial charge in [0.2, 0.25) is 5.91 Å². The van der Waals surface area contributed by atoms with E-state index in [0.29, 0.717) is 16.2 Å². The molecule has 0 fully saturated rings. The summed E-state index contributed by atoms with van der Waals surface area (Å²) in [7, 11) is -3.70. The number of hydrogen-bond donors (Lipinski definition) is 1. The Morgan fingerprint density at radius 1 is 1.12 bits per heavy atom. The number of halogens is 1. The lowest BCUT2D eigenvalue weighted by atomic mass is 10.3. The van der Waals surface area contributed by atoms with Gasteiger partial charge in [0.1, 0.15) is 5.52 Å². The minimum absolute atomic E-state index is 0.000503. The van der Waals surface area contributed by atoms with Crippen LogP contribution in [0.25, 0.3) is 11.0 Å². The fraction of sp³-hybridized carbons (Fsp3) is 0.133. The molecule has 0 radical (unpaired) electrons. The molecule has 3 aromatic rings. The first-order valence-corrected chi connectivity index (χ1v) is 8.98. The second-order valence-corrected chi connectivity index (χ2v) is 7.53. The number of fused-ring (bicyclic) bond motifs is 1. The van der Waals surface area contributed by atoms with Crippen molar-refractivity contribution in [3.05, 3.63) is 47.5 Å². The van der Waals surface area contributed by atoms with Gasteiger partial charge in [-0.2, -0.15) is 0 Å². The highest BCUT2D eigenvalue weighted by Gasteiger charge is 2.21. The van der Waals surface area contributed by atoms with Gasteiger partial charge in [0.25, 0.3) is 0 Å². The SMILES string of the molecule is O=C(CCS(=O)(=O)c1cccc2nonc12)Nc1ccc(Cl)cc1. The van der Waals surface area contributed by atoms with Crippen LogP contribution in [0.5, 0.6) is 0 Å². The maximum Gasteiger partial charge on any atom is 0.225 e. The molecule has 7 nitrogen and oxygen atoms in total. The Morgan fingerprint density at radius 2 is 1.88 bits per heavy atom. The number of hydrogen-bond acceptors (Lipinski definition) is 6. The van der Waals surface area contributed by atoms with Crippen molar-refractivity contribution in [2.75, 3.05) is 11.1 Å². The summed E-state index contributed by atoms with van der Waals surface area (Å²) < 4.78 is 29.4. The molecular formula is C15H12ClN3O4S. The van der Waals surface area contributed by atoms with Crippen molar-refractivity contribution >= 4 is 44.1 Å². The normalized spacial score (nSPS) is 11.5. The highest BCUT2D eigenvalue weighted by molar-refractivity contribution is 7.91. The predicted octanol–water partition coefficient (Wildman–Crippen LogP) is 2.68. The number of sulfone groups is 1. The lowest BCUT2D eigenvalue weighted by molar-refractivity contribution is -0.115. The lowest BCUT2D eigenvalue weighted by Gasteiger charge is -2.06. The van der Waals surface area contributed by atoms with Crippen LogP contribution in [0.3, 0.4) is 0 Å². The van der Waals surface area contributed by atoms with Crippen LogP contribution in [-0.2, 0) is 14.6 Å². The summed E-state index contributed by atoms with van der Waals surface area (Å²) in [5.41, 5.74) is 1.06. The molecule has 3 rings (SSSR count). The zero-order valence-corrected chi connectivity index (χ0v) is 13.8. The number of nitrogens with one attached hydrogen (secondary N) is 1. The zero-order chi connectivity index (χ0) is 17.2. The van der Waals surface area contributed by atoms with Gasteiger partial charge in [-0.05, 0) is 46.7 Å². The van der Waals surface area contributed by atoms with Crippen LogP contribution in [0.2, 0.25) is 5.02 Å². The van der Waals surface area contributed by atoms with E-state index in [-0.39, 0.29) is 22.6 Å². The first kappa shape index (κ1) is 16.4. The Morgan fingerprint density at radius 3 is 2.62 bits per heavy atom. The standard InChI is InChI=1S/C15H12ClN3O4S/c16-10-4-6-11(7-5-10)17-14(20)8-9-24(21,22)13-3-1-2-12-15(13)19-23-18-12/h1-7H,8-9H2,(H,17,20). The molecule has 1 amide bonds. The summed E-state index contributed by atoms with van der Waals surface area (Å²) in [5.74, 6) is -0.760. The van der Waals surface area contributed by atoms with Crippen LogP contribution in [-0.4, -0.2) is 30.4 Å². The highest BCUT2D eigenvalue weighted by atomic mass is 35.5. The summed E-state index contributed by atoms with van der Waals surface area (Å²) in [4.78, 5) is 11.9. The van der Waals surface area contributed by atoms with Crippen molar-refractivity contribution in [1.29, 1.82) is 0 Å². The molecule has 2 aromatic carbocycles. The number of carbonyl (C=O) groups excluding carboxylic acids is 1. The van der Waals surface area contributed by atoms with Gasteiger partial charge in [-0.15, -0.1) is 0 Å². The number of rotatable bonds is 5. The number of amides is 1. The number of nitrogens with zero attached hydrogens (tertiary/aromatic N) is 2. The summed E-state index contributed by atoms with van der Waals surface area (Å²) in [5, 5.41) is 10.4. The van der Waals surface area contributed by atoms with Crippen LogP contribution in [0.1, 0.15) is 6.42 Å². The lowest BCUT2D eigenvalue weighted by Crippen LogP contribution is -2.17. The first-order valence-electron chi connectivity index (χ1n) is 6.95. The van der Waals surface area contributed by atoms with Gasteiger partial charge in [-0.3, -0.25) is 4.79 Å². The van der Waals surface area contributed by atoms with Crippen molar-refractivity contribution in [3.63, 3.8) is 0 Å². The fourth-order valence-corrected chi connectivity index (χ4v) is 3.65. The summed E-state index contributed by atoms with van der Waals surface area (Å²) in [6.45, 7) is 0. The molecule has 0 bridgehead atoms. The van der Waals surface area contributed by atoms with Gasteiger partial charge in [0.05, 0.1) is 10.6 Å². The van der Waals surface area contributed by atoms with Crippen LogP contribution in [0, 0.1) is 0 Å². The molecule has 1 aromatic heterocycles. The largest absolute Gasteiger partial charge is 0.326 e. The van der Waals surface area contributed by atoms with Gasteiger partial charge < -0.3 is 5.32 Å². The molecule has 124 valence electrons. The molecule has 9 heteroatoms. The van der Waals surface area contributed by atoms with Gasteiger partial charge in [0.15, 0.2) is 15.4 Å². The second-order valence-electron chi connectivity index (χ2n) is 5.01. The zero-order valence-electron chi connectivity index (χ0n) is 12.3. The third-order valence-corrected chi connectivity index (χ3v) is 5.30. The van der Waals surface area contributed by atoms with Gasteiger partial charge >= 0.3 is 0 Å². The molecular weight excluding hydrogens is 354 g/mol. The van der Waals surface area contributed by atoms with E-state index < -0.39 is 15.7 Å². The third-order valence-electron chi connectivity index (χ3n) is 3.31. The van der Waals surface area contributed by atoms with Gasteiger partial charge in [-0.1, -0.05) is 17.7 Å². The molecule has 0 saturated heterocycles. The monoisotopic (exact) mass is 365 g/mol. The van der Waals surface area contributed by atoms with E-state index in [9.17, 15) is 13.2 Å². The number of carbonyl (C=O) groups is 1. The maximum absolute atomic E-state index is 12.4. The topological polar surface area (TPSA) is 102 Å². The Balaban J connectivity index is 1.70. The summed E-state index contributed by atoms with van der Waals surface area (Å²) in [6, 6.07) is 11.1. The van der Waals surface area contributed by atoms with E-state index in [2.05, 4.69) is 20.3 Å². The number of anilines is 1. The van der Waals surface area contributed by atoms with Crippen LogP contribution >= 0.6 is 11.6 Å². The minimum atomic E-state index is -3.70. The molecule has 0 atom stereocenters. The van der Waals surface area contributed by atoms with Crippen molar-refractivity contribution in [1.82, 2.24) is 10.3 Å². The molecule has 0 aliphatic heterocycles. The van der Waals surface area contributed by atoms with Gasteiger partial charge in [-0.25, -0.2) is 13.0 Å². The van der Waals surface area contributed by atoms with Crippen LogP contribution in [0.15, 0.2) is 52.0 Å². The van der Waals surface area contributed by atoms with Crippen molar-refractivity contribution in [3.8, 4) is 0 Å². The molecule has 0 aliphatic rings. The predicted molar refractivity (Wildman–Crippen MR) is 88.6 cm³/mol. The molecule has 0 saturated carbocycles. The van der Waals surface area contributed by atoms with Crippen LogP contribution in [0.4, 0.5) is 5.69 Å². The van der Waals surface area contributed by atoms with Crippen molar-refractivity contribution in [2.45, 2.75) is 11.3 Å². The van der Waals surface area contributed by atoms with E-state index >= 15 is 0 Å². The highest BCUT2D eigenvalue weighted by Crippen LogP contribution is 2.21. The summed E-state index contributed by atoms with van der Waals surface area (Å²) >= 11 is 5.76. The first-order chi connectivity index (χ1) is 11.5. The van der Waals surface area contributed by atoms with E-state index in [1.807, 2.05) is 0 Å². The molecule has 0 spiro atoms. The smallest absolute Gasteiger partial charge is 0.225 e. The van der Waals surface area contributed by atoms with Crippen molar-refractivity contribution < 1.29 is 17.8 Å². The Kier molecular flexibility index (Phi) is 4.50. The third kappa shape index (κ3) is 3.55. The molecule has 1 N–H and O–H groups in total. The number of aromatic nitrogens is 2. The molecule has 0 aliphatic carbocycles. The molecule has 24 heavy (non-hydrogen) atoms. The number of benzene rings is 2. The van der Waals surface area contributed by atoms with Crippen molar-refractivity contribution in [2.24, 2.45) is 0 Å². The van der Waals surface area contributed by atoms with E-state index in [4.69, 9.17) is 11.6 Å². The van der Waals surface area contributed by atoms with Crippen LogP contribution < -0.4 is 5.32 Å². The summed E-state index contributed by atoms with van der Waals surface area (Å²) in [6.07, 6.45) is -0.188. The molecule has 1 heterocycles. The Labute approximate surface area is 142 Å². The maximum atomic E-state index is 12.4. The fourth-order valence-electron chi connectivity index (χ4n) is 2.13. The Bertz CT molecular complexity index is 983. The second kappa shape index (κ2) is 6.58. The minimum Gasteiger partial charge on any atom is -0.326 e. The quantitative estimate of drug-likeness (QED) is 0.745. The van der Waals surface area contributed by atoms with E-state index in [1.54, 1.807) is 36.4 Å². The van der Waals surface area contributed by atoms with Gasteiger partial charge in [0, 0.05) is 17.1 Å². The Hall–Kier alpha value is -2.45.